The standard InChI is InChI=1S/C53H86BrN5O11/c1-13-35(6)48(44(67-11)31-46(62)59-28-19-26-42(59)50(68-12)36(7)51(64)56-37(8)49(63)38-20-15-14-16-21-38)57(9)52(65)41(33(2)3)30-43(60)47(34(4)5)58(10)53(66)70-40-24-17-22-39(23-18-25-40)69-29-27-55-45(61)32-54/h14-17,20-21,24,33-37,39-42,44,47-50,63H,13,18-19,22-23,25-32H2,1-12H3,(H,55,61)(H,56,64)/b24-17+/t35-,36+,37+,39?,40?,41+,42-,44+,47-,48-,49+,50+/m0/s1. The first-order chi connectivity index (χ1) is 33.2. The zero-order chi connectivity index (χ0) is 52.2. The molecular formula is C53H86BrN5O11. The summed E-state index contributed by atoms with van der Waals surface area (Å²) in [5.41, 5.74) is 0.693. The number of carbonyl (C=O) groups excluding carboxylic acids is 6. The van der Waals surface area contributed by atoms with Gasteiger partial charge in [-0.25, -0.2) is 4.79 Å². The molecule has 1 aliphatic carbocycles. The van der Waals surface area contributed by atoms with Crippen molar-refractivity contribution in [1.82, 2.24) is 25.3 Å². The van der Waals surface area contributed by atoms with Crippen LogP contribution in [0.5, 0.6) is 0 Å². The van der Waals surface area contributed by atoms with Crippen LogP contribution in [-0.2, 0) is 42.9 Å². The van der Waals surface area contributed by atoms with Gasteiger partial charge in [0, 0.05) is 53.7 Å². The Morgan fingerprint density at radius 2 is 1.57 bits per heavy atom. The van der Waals surface area contributed by atoms with E-state index in [9.17, 15) is 33.9 Å². The third kappa shape index (κ3) is 17.4. The monoisotopic (exact) mass is 1050 g/mol. The Labute approximate surface area is 426 Å². The third-order valence-electron chi connectivity index (χ3n) is 14.4. The lowest BCUT2D eigenvalue weighted by atomic mass is 9.83. The highest BCUT2D eigenvalue weighted by Gasteiger charge is 2.44. The van der Waals surface area contributed by atoms with Crippen LogP contribution in [0.3, 0.4) is 0 Å². The molecule has 1 aromatic carbocycles. The molecule has 3 rings (SSSR count). The van der Waals surface area contributed by atoms with Crippen LogP contribution in [0.2, 0.25) is 0 Å². The maximum absolute atomic E-state index is 14.7. The van der Waals surface area contributed by atoms with Crippen molar-refractivity contribution in [1.29, 1.82) is 0 Å². The second kappa shape index (κ2) is 30.2. The molecule has 0 aromatic heterocycles. The molecule has 17 heteroatoms. The van der Waals surface area contributed by atoms with E-state index in [0.29, 0.717) is 50.9 Å². The lowest BCUT2D eigenvalue weighted by Crippen LogP contribution is -2.55. The predicted octanol–water partition coefficient (Wildman–Crippen LogP) is 6.86. The average Bonchev–Trinajstić information content (AvgIpc) is 3.82. The fourth-order valence-corrected chi connectivity index (χ4v) is 10.3. The molecule has 2 aliphatic rings. The van der Waals surface area contributed by atoms with E-state index in [-0.39, 0.29) is 77.5 Å². The fraction of sp³-hybridized carbons (Fsp3) is 0.736. The lowest BCUT2D eigenvalue weighted by molar-refractivity contribution is -0.149. The first kappa shape index (κ1) is 60.4. The summed E-state index contributed by atoms with van der Waals surface area (Å²) >= 11 is 3.13. The van der Waals surface area contributed by atoms with E-state index in [0.717, 1.165) is 19.3 Å². The summed E-state index contributed by atoms with van der Waals surface area (Å²) in [5, 5.41) is 16.9. The van der Waals surface area contributed by atoms with Gasteiger partial charge in [0.25, 0.3) is 0 Å². The molecule has 0 bridgehead atoms. The van der Waals surface area contributed by atoms with Crippen LogP contribution in [-0.4, -0.2) is 157 Å². The van der Waals surface area contributed by atoms with Crippen molar-refractivity contribution in [3.8, 4) is 0 Å². The number of rotatable bonds is 27. The number of nitrogens with one attached hydrogen (secondary N) is 2. The number of likely N-dealkylation sites (N-methyl/N-ethyl adjacent to an activating group) is 2. The van der Waals surface area contributed by atoms with Gasteiger partial charge >= 0.3 is 6.09 Å². The van der Waals surface area contributed by atoms with E-state index in [1.165, 1.54) is 4.90 Å². The number of hydrogen-bond donors (Lipinski definition) is 3. The minimum absolute atomic E-state index is 0.00936. The number of aliphatic hydroxyl groups excluding tert-OH is 1. The molecule has 1 heterocycles. The minimum Gasteiger partial charge on any atom is -0.442 e. The van der Waals surface area contributed by atoms with Crippen molar-refractivity contribution in [3.63, 3.8) is 0 Å². The molecule has 5 amide bonds. The number of alkyl halides is 1. The Bertz CT molecular complexity index is 1840. The van der Waals surface area contributed by atoms with Gasteiger partial charge in [0.2, 0.25) is 23.6 Å². The van der Waals surface area contributed by atoms with E-state index >= 15 is 0 Å². The van der Waals surface area contributed by atoms with Crippen LogP contribution in [0.4, 0.5) is 4.79 Å². The van der Waals surface area contributed by atoms with Crippen LogP contribution in [0.15, 0.2) is 42.5 Å². The van der Waals surface area contributed by atoms with Gasteiger partial charge in [0.05, 0.1) is 72.9 Å². The van der Waals surface area contributed by atoms with Gasteiger partial charge in [0.1, 0.15) is 6.10 Å². The molecule has 1 aromatic rings. The van der Waals surface area contributed by atoms with Crippen LogP contribution < -0.4 is 10.6 Å². The molecule has 1 saturated heterocycles. The topological polar surface area (TPSA) is 193 Å². The summed E-state index contributed by atoms with van der Waals surface area (Å²) in [6.45, 7) is 16.5. The Kier molecular flexibility index (Phi) is 26.1. The van der Waals surface area contributed by atoms with E-state index in [1.54, 1.807) is 52.0 Å². The first-order valence-corrected chi connectivity index (χ1v) is 26.6. The van der Waals surface area contributed by atoms with Gasteiger partial charge in [-0.15, -0.1) is 0 Å². The van der Waals surface area contributed by atoms with Crippen molar-refractivity contribution >= 4 is 51.4 Å². The molecule has 1 fully saturated rings. The van der Waals surface area contributed by atoms with E-state index in [4.69, 9.17) is 18.9 Å². The van der Waals surface area contributed by atoms with Gasteiger partial charge in [-0.3, -0.25) is 24.0 Å². The van der Waals surface area contributed by atoms with Gasteiger partial charge < -0.3 is 49.4 Å². The first-order valence-electron chi connectivity index (χ1n) is 25.4. The zero-order valence-electron chi connectivity index (χ0n) is 44.1. The van der Waals surface area contributed by atoms with Crippen molar-refractivity contribution in [2.24, 2.45) is 29.6 Å². The highest BCUT2D eigenvalue weighted by Crippen LogP contribution is 2.32. The normalized spacial score (nSPS) is 21.7. The number of ether oxygens (including phenoxy) is 4. The number of hydrogen-bond acceptors (Lipinski definition) is 11. The Hall–Kier alpha value is -3.90. The van der Waals surface area contributed by atoms with E-state index < -0.39 is 60.5 Å². The predicted molar refractivity (Wildman–Crippen MR) is 274 cm³/mol. The molecule has 0 spiro atoms. The Balaban J connectivity index is 1.70. The number of likely N-dealkylation sites (tertiary alicyclic amines) is 1. The summed E-state index contributed by atoms with van der Waals surface area (Å²) in [6.07, 6.45) is 5.19. The minimum atomic E-state index is -0.904. The van der Waals surface area contributed by atoms with Crippen LogP contribution >= 0.6 is 15.9 Å². The molecule has 12 atom stereocenters. The number of methoxy groups -OCH3 is 2. The average molecular weight is 1050 g/mol. The highest BCUT2D eigenvalue weighted by molar-refractivity contribution is 9.09. The third-order valence-corrected chi connectivity index (χ3v) is 14.9. The summed E-state index contributed by atoms with van der Waals surface area (Å²) < 4.78 is 24.0. The van der Waals surface area contributed by atoms with Crippen LogP contribution in [0, 0.1) is 29.6 Å². The molecule has 1 aliphatic heterocycles. The van der Waals surface area contributed by atoms with Crippen molar-refractivity contribution in [3.05, 3.63) is 48.0 Å². The molecule has 3 N–H and O–H groups in total. The van der Waals surface area contributed by atoms with E-state index in [1.807, 2.05) is 84.0 Å². The number of aliphatic hydroxyl groups is 1. The lowest BCUT2D eigenvalue weighted by Gasteiger charge is -2.41. The number of halogens is 1. The number of amides is 5. The molecule has 2 unspecified atom stereocenters. The van der Waals surface area contributed by atoms with Gasteiger partial charge in [-0.2, -0.15) is 0 Å². The number of ketones is 1. The summed E-state index contributed by atoms with van der Waals surface area (Å²) in [6, 6.07) is 6.83. The smallest absolute Gasteiger partial charge is 0.410 e. The maximum Gasteiger partial charge on any atom is 0.410 e. The maximum atomic E-state index is 14.7. The SMILES string of the molecule is CC[C@H](C)[C@@H]([C@@H](CC(=O)N1CCC[C@H]1[C@H](OC)[C@@H](C)C(=O)N[C@H](C)[C@@H](O)c1ccccc1)OC)N(C)C(=O)[C@H](CC(=O)[C@H](C(C)C)N(C)C(=O)OC1/C=C/CC(OCCNC(=O)CBr)CCC1)C(C)C. The molecule has 16 nitrogen and oxygen atoms in total. The number of Topliss-reactive ketones (excluding diaryl/α,β-unsaturated/α-hetero) is 1. The Morgan fingerprint density at radius 3 is 2.17 bits per heavy atom. The van der Waals surface area contributed by atoms with Crippen molar-refractivity contribution in [2.45, 2.75) is 168 Å². The van der Waals surface area contributed by atoms with Gasteiger partial charge in [-0.05, 0) is 74.8 Å². The van der Waals surface area contributed by atoms with Crippen molar-refractivity contribution < 1.29 is 52.8 Å². The fourth-order valence-electron chi connectivity index (χ4n) is 10.1. The molecule has 396 valence electrons. The summed E-state index contributed by atoms with van der Waals surface area (Å²) in [4.78, 5) is 87.1. The highest BCUT2D eigenvalue weighted by atomic mass is 79.9. The van der Waals surface area contributed by atoms with Crippen LogP contribution in [0.1, 0.15) is 125 Å². The number of carbonyl (C=O) groups is 6. The summed E-state index contributed by atoms with van der Waals surface area (Å²) in [5.74, 6) is -3.00. The quantitative estimate of drug-likeness (QED) is 0.0474. The molecule has 70 heavy (non-hydrogen) atoms. The van der Waals surface area contributed by atoms with Gasteiger partial charge in [0.15, 0.2) is 5.78 Å². The van der Waals surface area contributed by atoms with Gasteiger partial charge in [-0.1, -0.05) is 107 Å². The molecule has 0 radical (unpaired) electrons. The van der Waals surface area contributed by atoms with E-state index in [2.05, 4.69) is 26.6 Å². The largest absolute Gasteiger partial charge is 0.442 e. The summed E-state index contributed by atoms with van der Waals surface area (Å²) in [7, 11) is 6.38. The molecule has 0 saturated carbocycles. The van der Waals surface area contributed by atoms with Crippen molar-refractivity contribution in [2.75, 3.05) is 53.3 Å². The van der Waals surface area contributed by atoms with Crippen LogP contribution in [0.25, 0.3) is 0 Å². The Morgan fingerprint density at radius 1 is 0.886 bits per heavy atom. The second-order valence-corrected chi connectivity index (χ2v) is 20.6. The zero-order valence-corrected chi connectivity index (χ0v) is 45.7. The second-order valence-electron chi connectivity index (χ2n) is 20.1. The number of benzene rings is 1. The number of nitrogens with zero attached hydrogens (tertiary/aromatic N) is 3. The molecular weight excluding hydrogens is 963 g/mol.